The molecule has 0 atom stereocenters. The molecule has 1 aliphatic heterocycles. The first-order valence-electron chi connectivity index (χ1n) is 13.6. The fraction of sp³-hybridized carbons (Fsp3) is 0.273. The fourth-order valence-corrected chi connectivity index (χ4v) is 5.53. The monoisotopic (exact) mass is 532 g/mol. The van der Waals surface area contributed by atoms with Crippen molar-refractivity contribution in [1.29, 1.82) is 0 Å². The van der Waals surface area contributed by atoms with Crippen LogP contribution in [0.2, 0.25) is 0 Å². The van der Waals surface area contributed by atoms with Crippen LogP contribution in [0.3, 0.4) is 0 Å². The molecular weight excluding hydrogens is 500 g/mol. The summed E-state index contributed by atoms with van der Waals surface area (Å²) in [7, 11) is 1.66. The zero-order chi connectivity index (χ0) is 27.3. The Morgan fingerprint density at radius 3 is 2.55 bits per heavy atom. The predicted octanol–water partition coefficient (Wildman–Crippen LogP) is 5.66. The smallest absolute Gasteiger partial charge is 0.162 e. The van der Waals surface area contributed by atoms with E-state index in [0.29, 0.717) is 24.7 Å². The third-order valence-corrected chi connectivity index (χ3v) is 7.41. The normalized spacial score (nSPS) is 13.9. The highest BCUT2D eigenvalue weighted by atomic mass is 16.5. The highest BCUT2D eigenvalue weighted by molar-refractivity contribution is 6.09. The van der Waals surface area contributed by atoms with Gasteiger partial charge in [0.25, 0.3) is 0 Å². The molecule has 6 rings (SSSR count). The lowest BCUT2D eigenvalue weighted by Gasteiger charge is -2.26. The number of hydrogen-bond acceptors (Lipinski definition) is 6. The van der Waals surface area contributed by atoms with Crippen LogP contribution >= 0.6 is 0 Å². The van der Waals surface area contributed by atoms with Gasteiger partial charge in [-0.3, -0.25) is 4.90 Å². The van der Waals surface area contributed by atoms with Gasteiger partial charge in [0.1, 0.15) is 6.33 Å². The lowest BCUT2D eigenvalue weighted by molar-refractivity contribution is 0.0357. The molecule has 0 aliphatic carbocycles. The summed E-state index contributed by atoms with van der Waals surface area (Å²) in [6, 6.07) is 22.6. The summed E-state index contributed by atoms with van der Waals surface area (Å²) in [6.45, 7) is 5.53. The molecule has 7 heteroatoms. The van der Waals surface area contributed by atoms with Gasteiger partial charge in [0.2, 0.25) is 0 Å². The number of methoxy groups -OCH3 is 1. The Bertz CT molecular complexity index is 1670. The van der Waals surface area contributed by atoms with Crippen molar-refractivity contribution in [3.05, 3.63) is 73.1 Å². The van der Waals surface area contributed by atoms with Crippen molar-refractivity contribution in [3.63, 3.8) is 0 Å². The number of morpholine rings is 1. The SMILES string of the molecule is C#CCn1c(-c2ccccc2)c(-c2ncnc3cc(OC)c(OCCCN4CCOCC4)cc23)c2ccccc21. The van der Waals surface area contributed by atoms with Gasteiger partial charge < -0.3 is 18.8 Å². The van der Waals surface area contributed by atoms with Crippen molar-refractivity contribution in [3.8, 4) is 46.4 Å². The molecule has 1 fully saturated rings. The minimum absolute atomic E-state index is 0.444. The molecule has 0 N–H and O–H groups in total. The summed E-state index contributed by atoms with van der Waals surface area (Å²) in [5.74, 6) is 4.18. The van der Waals surface area contributed by atoms with Crippen molar-refractivity contribution >= 4 is 21.8 Å². The van der Waals surface area contributed by atoms with E-state index < -0.39 is 0 Å². The molecule has 0 spiro atoms. The predicted molar refractivity (Wildman–Crippen MR) is 159 cm³/mol. The van der Waals surface area contributed by atoms with E-state index >= 15 is 0 Å². The van der Waals surface area contributed by atoms with E-state index in [1.807, 2.05) is 36.4 Å². The van der Waals surface area contributed by atoms with Crippen molar-refractivity contribution < 1.29 is 14.2 Å². The van der Waals surface area contributed by atoms with Crippen LogP contribution in [0.4, 0.5) is 0 Å². The number of benzene rings is 3. The van der Waals surface area contributed by atoms with Gasteiger partial charge in [0.05, 0.1) is 55.9 Å². The minimum Gasteiger partial charge on any atom is -0.493 e. The molecule has 7 nitrogen and oxygen atoms in total. The molecule has 1 aliphatic rings. The van der Waals surface area contributed by atoms with Gasteiger partial charge in [0.15, 0.2) is 11.5 Å². The maximum atomic E-state index is 6.29. The Kier molecular flexibility index (Phi) is 7.62. The molecule has 0 amide bonds. The van der Waals surface area contributed by atoms with Gasteiger partial charge in [-0.05, 0) is 24.1 Å². The molecule has 202 valence electrons. The summed E-state index contributed by atoms with van der Waals surface area (Å²) >= 11 is 0. The number of para-hydroxylation sites is 1. The lowest BCUT2D eigenvalue weighted by atomic mass is 9.99. The van der Waals surface area contributed by atoms with Gasteiger partial charge in [-0.15, -0.1) is 6.42 Å². The second-order valence-corrected chi connectivity index (χ2v) is 9.80. The molecule has 3 heterocycles. The van der Waals surface area contributed by atoms with E-state index in [-0.39, 0.29) is 0 Å². The van der Waals surface area contributed by atoms with Gasteiger partial charge in [-0.25, -0.2) is 9.97 Å². The lowest BCUT2D eigenvalue weighted by Crippen LogP contribution is -2.37. The average molecular weight is 533 g/mol. The molecule has 0 radical (unpaired) electrons. The van der Waals surface area contributed by atoms with Crippen LogP contribution in [0.5, 0.6) is 11.5 Å². The molecular formula is C33H32N4O3. The van der Waals surface area contributed by atoms with Crippen molar-refractivity contribution in [2.24, 2.45) is 0 Å². The van der Waals surface area contributed by atoms with Crippen molar-refractivity contribution in [2.75, 3.05) is 46.6 Å². The first-order chi connectivity index (χ1) is 19.8. The Labute approximate surface area is 234 Å². The first-order valence-corrected chi connectivity index (χ1v) is 13.6. The number of fused-ring (bicyclic) bond motifs is 2. The van der Waals surface area contributed by atoms with Crippen molar-refractivity contribution in [1.82, 2.24) is 19.4 Å². The van der Waals surface area contributed by atoms with Crippen LogP contribution in [-0.2, 0) is 11.3 Å². The maximum absolute atomic E-state index is 6.29. The van der Waals surface area contributed by atoms with Crippen LogP contribution < -0.4 is 9.47 Å². The third-order valence-electron chi connectivity index (χ3n) is 7.41. The molecule has 0 unspecified atom stereocenters. The Morgan fingerprint density at radius 2 is 1.75 bits per heavy atom. The number of aromatic nitrogens is 3. The highest BCUT2D eigenvalue weighted by Crippen LogP contribution is 2.43. The molecule has 1 saturated heterocycles. The summed E-state index contributed by atoms with van der Waals surface area (Å²) in [6.07, 6.45) is 8.39. The molecule has 2 aromatic heterocycles. The van der Waals surface area contributed by atoms with Gasteiger partial charge >= 0.3 is 0 Å². The van der Waals surface area contributed by atoms with Gasteiger partial charge in [-0.1, -0.05) is 54.5 Å². The maximum Gasteiger partial charge on any atom is 0.162 e. The van der Waals surface area contributed by atoms with E-state index in [1.54, 1.807) is 13.4 Å². The Hall–Kier alpha value is -4.38. The molecule has 3 aromatic carbocycles. The van der Waals surface area contributed by atoms with Crippen molar-refractivity contribution in [2.45, 2.75) is 13.0 Å². The summed E-state index contributed by atoms with van der Waals surface area (Å²) in [5, 5.41) is 1.98. The van der Waals surface area contributed by atoms with E-state index in [4.69, 9.17) is 25.6 Å². The zero-order valence-electron chi connectivity index (χ0n) is 22.7. The molecule has 0 bridgehead atoms. The number of nitrogens with zero attached hydrogens (tertiary/aromatic N) is 4. The third kappa shape index (κ3) is 5.00. The van der Waals surface area contributed by atoms with Gasteiger partial charge in [-0.2, -0.15) is 0 Å². The Morgan fingerprint density at radius 1 is 0.950 bits per heavy atom. The van der Waals surface area contributed by atoms with Gasteiger partial charge in [0, 0.05) is 42.0 Å². The fourth-order valence-electron chi connectivity index (χ4n) is 5.53. The van der Waals surface area contributed by atoms with Crippen LogP contribution in [-0.4, -0.2) is 66.0 Å². The van der Waals surface area contributed by atoms with Crippen LogP contribution in [0.25, 0.3) is 44.3 Å². The zero-order valence-corrected chi connectivity index (χ0v) is 22.7. The van der Waals surface area contributed by atoms with E-state index in [9.17, 15) is 0 Å². The number of rotatable bonds is 9. The van der Waals surface area contributed by atoms with Crippen LogP contribution in [0, 0.1) is 12.3 Å². The summed E-state index contributed by atoms with van der Waals surface area (Å²) in [4.78, 5) is 11.9. The second-order valence-electron chi connectivity index (χ2n) is 9.80. The second kappa shape index (κ2) is 11.8. The topological polar surface area (TPSA) is 61.6 Å². The first kappa shape index (κ1) is 25.9. The standard InChI is InChI=1S/C33H32N4O3/c1-3-14-37-28-13-8-7-12-25(28)31(33(37)24-10-5-4-6-11-24)32-26-21-30(29(38-2)22-27(26)34-23-35-32)40-18-9-15-36-16-19-39-20-17-36/h1,4-8,10-13,21-23H,9,14-20H2,2H3. The largest absolute Gasteiger partial charge is 0.493 e. The van der Waals surface area contributed by atoms with Crippen LogP contribution in [0.15, 0.2) is 73.1 Å². The average Bonchev–Trinajstić information content (AvgIpc) is 3.33. The van der Waals surface area contributed by atoms with E-state index in [2.05, 4.69) is 50.7 Å². The quantitative estimate of drug-likeness (QED) is 0.180. The highest BCUT2D eigenvalue weighted by Gasteiger charge is 2.23. The van der Waals surface area contributed by atoms with E-state index in [0.717, 1.165) is 83.6 Å². The van der Waals surface area contributed by atoms with Crippen LogP contribution in [0.1, 0.15) is 6.42 Å². The minimum atomic E-state index is 0.444. The summed E-state index contributed by atoms with van der Waals surface area (Å²) in [5.41, 5.74) is 5.81. The summed E-state index contributed by atoms with van der Waals surface area (Å²) < 4.78 is 19.7. The molecule has 5 aromatic rings. The number of hydrogen-bond donors (Lipinski definition) is 0. The van der Waals surface area contributed by atoms with E-state index in [1.165, 1.54) is 0 Å². The number of ether oxygens (including phenoxy) is 3. The number of terminal acetylenes is 1. The molecule has 0 saturated carbocycles. The molecule has 40 heavy (non-hydrogen) atoms. The Balaban J connectivity index is 1.45.